The van der Waals surface area contributed by atoms with Crippen molar-refractivity contribution in [1.29, 1.82) is 0 Å². The van der Waals surface area contributed by atoms with E-state index in [0.717, 1.165) is 10.0 Å². The second-order valence-electron chi connectivity index (χ2n) is 2.33. The van der Waals surface area contributed by atoms with Crippen LogP contribution in [-0.4, -0.2) is 9.97 Å². The molecule has 1 aromatic heterocycles. The Bertz CT molecular complexity index is 468. The molecule has 0 unspecified atom stereocenters. The van der Waals surface area contributed by atoms with Crippen molar-refractivity contribution in [2.45, 2.75) is 0 Å². The van der Waals surface area contributed by atoms with E-state index in [1.165, 1.54) is 0 Å². The molecule has 1 aromatic carbocycles. The van der Waals surface area contributed by atoms with Crippen molar-refractivity contribution in [3.8, 4) is 11.3 Å². The fourth-order valence-corrected chi connectivity index (χ4v) is 1.37. The second kappa shape index (κ2) is 3.11. The lowest BCUT2D eigenvalue weighted by Gasteiger charge is -1.95. The molecule has 0 fully saturated rings. The first kappa shape index (κ1) is 5.54. The maximum Gasteiger partial charge on any atom is 0.104 e. The fraction of sp³-hybridized carbons (Fsp3) is 0. The van der Waals surface area contributed by atoms with E-state index in [9.17, 15) is 0 Å². The van der Waals surface area contributed by atoms with Crippen LogP contribution in [0.4, 0.5) is 0 Å². The molecule has 0 bridgehead atoms. The van der Waals surface area contributed by atoms with Gasteiger partial charge in [0.15, 0.2) is 0 Å². The molecule has 2 nitrogen and oxygen atoms in total. The summed E-state index contributed by atoms with van der Waals surface area (Å²) in [6.07, 6.45) is 0.193. The van der Waals surface area contributed by atoms with Crippen molar-refractivity contribution < 1.29 is 2.74 Å². The summed E-state index contributed by atoms with van der Waals surface area (Å²) >= 11 is 3.34. The molecule has 12 heavy (non-hydrogen) atoms. The van der Waals surface area contributed by atoms with Crippen LogP contribution in [0.2, 0.25) is 0 Å². The number of hydrogen-bond acceptors (Lipinski definition) is 1. The van der Waals surface area contributed by atoms with Crippen molar-refractivity contribution in [1.82, 2.24) is 9.97 Å². The van der Waals surface area contributed by atoms with Crippen LogP contribution >= 0.6 is 15.9 Å². The maximum absolute atomic E-state index is 7.55. The number of nitrogens with zero attached hydrogens (tertiary/aromatic N) is 1. The third-order valence-electron chi connectivity index (χ3n) is 1.50. The second-order valence-corrected chi connectivity index (χ2v) is 3.25. The van der Waals surface area contributed by atoms with Crippen LogP contribution in [-0.2, 0) is 0 Å². The molecule has 1 N–H and O–H groups in total. The van der Waals surface area contributed by atoms with Crippen molar-refractivity contribution in [2.24, 2.45) is 0 Å². The minimum Gasteiger partial charge on any atom is -0.351 e. The third kappa shape index (κ3) is 1.41. The van der Waals surface area contributed by atoms with Gasteiger partial charge >= 0.3 is 0 Å². The Kier molecular flexibility index (Phi) is 1.43. The van der Waals surface area contributed by atoms with Crippen LogP contribution in [0.15, 0.2) is 41.2 Å². The number of aromatic amines is 1. The van der Waals surface area contributed by atoms with Crippen LogP contribution in [0.25, 0.3) is 11.3 Å². The quantitative estimate of drug-likeness (QED) is 0.794. The minimum atomic E-state index is 0.0185. The van der Waals surface area contributed by atoms with E-state index >= 15 is 0 Å². The van der Waals surface area contributed by atoms with Crippen molar-refractivity contribution in [2.75, 3.05) is 0 Å². The lowest BCUT2D eigenvalue weighted by atomic mass is 10.2. The average molecular weight is 225 g/mol. The molecule has 0 radical (unpaired) electrons. The Balaban J connectivity index is 2.54. The minimum absolute atomic E-state index is 0.0185. The molecule has 2 rings (SSSR count). The van der Waals surface area contributed by atoms with Gasteiger partial charge in [-0.05, 0) is 12.1 Å². The van der Waals surface area contributed by atoms with Crippen molar-refractivity contribution in [3.63, 3.8) is 0 Å². The number of rotatable bonds is 1. The molecule has 0 aliphatic carbocycles. The largest absolute Gasteiger partial charge is 0.351 e. The van der Waals surface area contributed by atoms with Gasteiger partial charge in [0, 0.05) is 16.2 Å². The zero-order valence-electron chi connectivity index (χ0n) is 8.13. The Morgan fingerprint density at radius 2 is 2.42 bits per heavy atom. The van der Waals surface area contributed by atoms with Crippen molar-refractivity contribution >= 4 is 15.9 Å². The van der Waals surface area contributed by atoms with Gasteiger partial charge in [0.05, 0.1) is 13.4 Å². The van der Waals surface area contributed by atoms with Crippen molar-refractivity contribution in [3.05, 3.63) is 41.2 Å². The molecule has 60 valence electrons. The van der Waals surface area contributed by atoms with E-state index in [4.69, 9.17) is 2.74 Å². The van der Waals surface area contributed by atoms with Gasteiger partial charge < -0.3 is 4.98 Å². The van der Waals surface area contributed by atoms with Gasteiger partial charge in [-0.3, -0.25) is 0 Å². The normalized spacial score (nSPS) is 12.4. The molecule has 3 heteroatoms. The molecule has 0 saturated heterocycles. The monoisotopic (exact) mass is 224 g/mol. The zero-order chi connectivity index (χ0) is 10.1. The summed E-state index contributed by atoms with van der Waals surface area (Å²) in [5, 5.41) is 0. The molecule has 0 amide bonds. The number of imidazole rings is 1. The van der Waals surface area contributed by atoms with E-state index in [1.54, 1.807) is 0 Å². The number of H-pyrrole nitrogens is 1. The number of aromatic nitrogens is 2. The lowest BCUT2D eigenvalue weighted by molar-refractivity contribution is 1.31. The number of benzene rings is 1. The van der Waals surface area contributed by atoms with E-state index < -0.39 is 0 Å². The topological polar surface area (TPSA) is 28.7 Å². The molecule has 0 spiro atoms. The van der Waals surface area contributed by atoms with Crippen LogP contribution in [0, 0.1) is 0 Å². The maximum atomic E-state index is 7.55. The van der Waals surface area contributed by atoms with Gasteiger partial charge in [-0.25, -0.2) is 4.98 Å². The summed E-state index contributed by atoms with van der Waals surface area (Å²) in [5.41, 5.74) is 1.34. The van der Waals surface area contributed by atoms with Gasteiger partial charge in [-0.15, -0.1) is 0 Å². The Hall–Kier alpha value is -1.09. The SMILES string of the molecule is [2H]c1nc(-c2cccc(Br)c2)c([2H])[nH]1. The number of halogens is 1. The van der Waals surface area contributed by atoms with Crippen LogP contribution in [0.3, 0.4) is 0 Å². The van der Waals surface area contributed by atoms with Crippen LogP contribution < -0.4 is 0 Å². The molecule has 0 atom stereocenters. The summed E-state index contributed by atoms with van der Waals surface area (Å²) < 4.78 is 15.7. The Labute approximate surface area is 81.6 Å². The zero-order valence-corrected chi connectivity index (χ0v) is 7.72. The fourth-order valence-electron chi connectivity index (χ4n) is 0.971. The van der Waals surface area contributed by atoms with E-state index in [1.807, 2.05) is 24.3 Å². The molecule has 1 heterocycles. The molecular weight excluding hydrogens is 216 g/mol. The average Bonchev–Trinajstić information content (AvgIpc) is 2.45. The van der Waals surface area contributed by atoms with Gasteiger partial charge in [0.2, 0.25) is 0 Å². The first-order valence-corrected chi connectivity index (χ1v) is 4.25. The third-order valence-corrected chi connectivity index (χ3v) is 2.00. The van der Waals surface area contributed by atoms with Crippen LogP contribution in [0.1, 0.15) is 2.74 Å². The Morgan fingerprint density at radius 1 is 1.50 bits per heavy atom. The molecule has 0 saturated carbocycles. The summed E-state index contributed by atoms with van der Waals surface area (Å²) in [4.78, 5) is 6.46. The Morgan fingerprint density at radius 3 is 3.08 bits per heavy atom. The number of hydrogen-bond donors (Lipinski definition) is 1. The molecule has 0 aliphatic rings. The van der Waals surface area contributed by atoms with E-state index in [-0.39, 0.29) is 12.5 Å². The lowest BCUT2D eigenvalue weighted by Crippen LogP contribution is -1.75. The van der Waals surface area contributed by atoms with E-state index in [0.29, 0.717) is 5.69 Å². The molecule has 2 aromatic rings. The first-order chi connectivity index (χ1) is 6.66. The molecular formula is C9H7BrN2. The van der Waals surface area contributed by atoms with Crippen LogP contribution in [0.5, 0.6) is 0 Å². The van der Waals surface area contributed by atoms with E-state index in [2.05, 4.69) is 25.9 Å². The van der Waals surface area contributed by atoms with Gasteiger partial charge in [-0.1, -0.05) is 28.1 Å². The standard InChI is InChI=1S/C9H7BrN2/c10-8-3-1-2-7(4-8)9-5-11-6-12-9/h1-6H,(H,11,12)/i5D,6D. The highest BCUT2D eigenvalue weighted by molar-refractivity contribution is 9.10. The predicted molar refractivity (Wildman–Crippen MR) is 51.7 cm³/mol. The predicted octanol–water partition coefficient (Wildman–Crippen LogP) is 2.84. The van der Waals surface area contributed by atoms with Gasteiger partial charge in [0.25, 0.3) is 0 Å². The van der Waals surface area contributed by atoms with Gasteiger partial charge in [-0.2, -0.15) is 0 Å². The molecule has 0 aliphatic heterocycles. The smallest absolute Gasteiger partial charge is 0.104 e. The first-order valence-electron chi connectivity index (χ1n) is 4.46. The highest BCUT2D eigenvalue weighted by Crippen LogP contribution is 2.19. The summed E-state index contributed by atoms with van der Waals surface area (Å²) in [6, 6.07) is 7.50. The highest BCUT2D eigenvalue weighted by atomic mass is 79.9. The van der Waals surface area contributed by atoms with Gasteiger partial charge in [0.1, 0.15) is 1.37 Å². The number of nitrogens with one attached hydrogen (secondary N) is 1. The summed E-state index contributed by atoms with van der Waals surface area (Å²) in [7, 11) is 0. The summed E-state index contributed by atoms with van der Waals surface area (Å²) in [5.74, 6) is 0. The highest BCUT2D eigenvalue weighted by Gasteiger charge is 1.98. The summed E-state index contributed by atoms with van der Waals surface area (Å²) in [6.45, 7) is 0.